The summed E-state index contributed by atoms with van der Waals surface area (Å²) in [5, 5.41) is 14.5. The number of aryl methyl sites for hydroxylation is 1. The van der Waals surface area contributed by atoms with E-state index in [0.717, 1.165) is 16.9 Å². The Balaban J connectivity index is 1.74. The summed E-state index contributed by atoms with van der Waals surface area (Å²) in [7, 11) is 0. The topological polar surface area (TPSA) is 68.0 Å². The fourth-order valence-corrected chi connectivity index (χ4v) is 4.92. The van der Waals surface area contributed by atoms with Gasteiger partial charge in [-0.1, -0.05) is 60.2 Å². The summed E-state index contributed by atoms with van der Waals surface area (Å²) in [6.45, 7) is 1.88. The first-order valence-corrected chi connectivity index (χ1v) is 12.3. The highest BCUT2D eigenvalue weighted by atomic mass is 32.1. The van der Waals surface area contributed by atoms with Crippen molar-refractivity contribution in [1.29, 1.82) is 0 Å². The monoisotopic (exact) mass is 537 g/mol. The van der Waals surface area contributed by atoms with E-state index >= 15 is 0 Å². The number of hydrogen-bond acceptors (Lipinski definition) is 4. The van der Waals surface area contributed by atoms with Crippen molar-refractivity contribution < 1.29 is 27.5 Å². The van der Waals surface area contributed by atoms with Gasteiger partial charge in [0.2, 0.25) is 5.13 Å². The number of aromatic carboxylic acids is 1. The van der Waals surface area contributed by atoms with Crippen LogP contribution in [0.5, 0.6) is 0 Å². The minimum absolute atomic E-state index is 0.0724. The third-order valence-corrected chi connectivity index (χ3v) is 6.76. The Bertz CT molecular complexity index is 1640. The maximum atomic E-state index is 14.6. The molecule has 0 radical (unpaired) electrons. The molecule has 0 atom stereocenters. The zero-order chi connectivity index (χ0) is 27.0. The van der Waals surface area contributed by atoms with Crippen LogP contribution in [0.15, 0.2) is 78.2 Å². The van der Waals surface area contributed by atoms with Crippen molar-refractivity contribution in [2.24, 2.45) is 0 Å². The molecule has 0 spiro atoms. The number of rotatable bonds is 6. The van der Waals surface area contributed by atoms with Crippen molar-refractivity contribution in [3.05, 3.63) is 112 Å². The average molecular weight is 538 g/mol. The molecule has 5 rings (SSSR count). The van der Waals surface area contributed by atoms with Crippen molar-refractivity contribution in [3.8, 4) is 27.5 Å². The Labute approximate surface area is 218 Å². The molecule has 0 saturated carbocycles. The van der Waals surface area contributed by atoms with Gasteiger partial charge in [-0.25, -0.2) is 18.9 Å². The predicted octanol–water partition coefficient (Wildman–Crippen LogP) is 7.42. The number of benzene rings is 3. The Morgan fingerprint density at radius 2 is 1.63 bits per heavy atom. The summed E-state index contributed by atoms with van der Waals surface area (Å²) in [6.07, 6.45) is -4.90. The molecule has 10 heteroatoms. The summed E-state index contributed by atoms with van der Waals surface area (Å²) in [5.74, 6) is -1.79. The number of hydrogen-bond donors (Lipinski definition) is 1. The van der Waals surface area contributed by atoms with Crippen LogP contribution in [0.2, 0.25) is 0 Å². The maximum Gasteiger partial charge on any atom is 0.433 e. The van der Waals surface area contributed by atoms with Gasteiger partial charge in [-0.05, 0) is 41.8 Å². The molecule has 2 aromatic heterocycles. The summed E-state index contributed by atoms with van der Waals surface area (Å²) in [6, 6.07) is 19.8. The molecule has 38 heavy (non-hydrogen) atoms. The SMILES string of the molecule is Cc1ccc(Cc2c(-c3cccc(-c4cccc(F)c4)c3)nn(-c3nc(C(=O)O)cs3)c2C(F)(F)F)cc1. The van der Waals surface area contributed by atoms with E-state index in [0.29, 0.717) is 26.9 Å². The van der Waals surface area contributed by atoms with E-state index in [1.807, 2.05) is 19.1 Å². The van der Waals surface area contributed by atoms with Crippen LogP contribution in [0.1, 0.15) is 32.9 Å². The highest BCUT2D eigenvalue weighted by molar-refractivity contribution is 7.12. The second kappa shape index (κ2) is 9.86. The lowest BCUT2D eigenvalue weighted by molar-refractivity contribution is -0.143. The van der Waals surface area contributed by atoms with Gasteiger partial charge in [-0.15, -0.1) is 11.3 Å². The molecule has 0 bridgehead atoms. The van der Waals surface area contributed by atoms with Crippen LogP contribution in [0.3, 0.4) is 0 Å². The van der Waals surface area contributed by atoms with Crippen molar-refractivity contribution in [1.82, 2.24) is 14.8 Å². The van der Waals surface area contributed by atoms with Crippen molar-refractivity contribution >= 4 is 17.3 Å². The van der Waals surface area contributed by atoms with Gasteiger partial charge in [0.1, 0.15) is 5.82 Å². The first-order chi connectivity index (χ1) is 18.1. The van der Waals surface area contributed by atoms with Crippen LogP contribution in [0.4, 0.5) is 17.6 Å². The molecule has 0 aliphatic heterocycles. The third kappa shape index (κ3) is 5.08. The minimum atomic E-state index is -4.82. The molecule has 0 aliphatic carbocycles. The molecule has 1 N–H and O–H groups in total. The molecule has 3 aromatic carbocycles. The fraction of sp³-hybridized carbons (Fsp3) is 0.107. The van der Waals surface area contributed by atoms with Gasteiger partial charge in [-0.2, -0.15) is 18.3 Å². The molecule has 0 unspecified atom stereocenters. The van der Waals surface area contributed by atoms with Gasteiger partial charge in [0.25, 0.3) is 0 Å². The second-order valence-electron chi connectivity index (χ2n) is 8.66. The number of nitrogens with zero attached hydrogens (tertiary/aromatic N) is 3. The van der Waals surface area contributed by atoms with Crippen LogP contribution in [-0.4, -0.2) is 25.8 Å². The molecule has 0 saturated heterocycles. The van der Waals surface area contributed by atoms with Crippen LogP contribution in [0.25, 0.3) is 27.5 Å². The molecular formula is C28H19F4N3O2S. The van der Waals surface area contributed by atoms with Gasteiger partial charge in [0.05, 0.1) is 5.69 Å². The maximum absolute atomic E-state index is 14.6. The van der Waals surface area contributed by atoms with E-state index in [1.165, 1.54) is 17.5 Å². The molecule has 2 heterocycles. The highest BCUT2D eigenvalue weighted by Gasteiger charge is 2.41. The highest BCUT2D eigenvalue weighted by Crippen LogP contribution is 2.40. The fourth-order valence-electron chi connectivity index (χ4n) is 4.16. The predicted molar refractivity (Wildman–Crippen MR) is 136 cm³/mol. The Hall–Kier alpha value is -4.31. The number of aromatic nitrogens is 3. The van der Waals surface area contributed by atoms with Gasteiger partial charge in [0, 0.05) is 22.9 Å². The van der Waals surface area contributed by atoms with Crippen LogP contribution in [-0.2, 0) is 12.6 Å². The molecular weight excluding hydrogens is 518 g/mol. The Kier molecular flexibility index (Phi) is 6.58. The largest absolute Gasteiger partial charge is 0.476 e. The van der Waals surface area contributed by atoms with Crippen LogP contribution >= 0.6 is 11.3 Å². The lowest BCUT2D eigenvalue weighted by Gasteiger charge is -2.12. The second-order valence-corrected chi connectivity index (χ2v) is 9.50. The Morgan fingerprint density at radius 3 is 2.26 bits per heavy atom. The molecule has 5 nitrogen and oxygen atoms in total. The summed E-state index contributed by atoms with van der Waals surface area (Å²) in [4.78, 5) is 15.2. The van der Waals surface area contributed by atoms with E-state index in [9.17, 15) is 27.5 Å². The average Bonchev–Trinajstić information content (AvgIpc) is 3.51. The summed E-state index contributed by atoms with van der Waals surface area (Å²) >= 11 is 0.755. The van der Waals surface area contributed by atoms with Crippen LogP contribution in [0, 0.1) is 12.7 Å². The minimum Gasteiger partial charge on any atom is -0.476 e. The van der Waals surface area contributed by atoms with Crippen LogP contribution < -0.4 is 0 Å². The standard InChI is InChI=1S/C28H19F4N3O2S/c1-16-8-10-17(11-9-16)12-22-24(20-6-2-4-18(13-20)19-5-3-7-21(29)14-19)34-35(25(22)28(30,31)32)27-33-23(15-38-27)26(36)37/h2-11,13-15H,12H2,1H3,(H,36,37). The van der Waals surface area contributed by atoms with E-state index < -0.39 is 23.7 Å². The summed E-state index contributed by atoms with van der Waals surface area (Å²) in [5.41, 5.74) is 1.77. The number of carbonyl (C=O) groups is 1. The van der Waals surface area contributed by atoms with E-state index in [4.69, 9.17) is 0 Å². The molecule has 5 aromatic rings. The van der Waals surface area contributed by atoms with E-state index in [2.05, 4.69) is 10.1 Å². The zero-order valence-corrected chi connectivity index (χ0v) is 20.6. The first-order valence-electron chi connectivity index (χ1n) is 11.4. The zero-order valence-electron chi connectivity index (χ0n) is 19.8. The lowest BCUT2D eigenvalue weighted by Crippen LogP contribution is -2.16. The van der Waals surface area contributed by atoms with Gasteiger partial charge in [0.15, 0.2) is 11.4 Å². The number of carboxylic acids is 1. The van der Waals surface area contributed by atoms with E-state index in [1.54, 1.807) is 48.5 Å². The van der Waals surface area contributed by atoms with Gasteiger partial charge >= 0.3 is 12.1 Å². The molecule has 0 amide bonds. The lowest BCUT2D eigenvalue weighted by atomic mass is 9.96. The van der Waals surface area contributed by atoms with Gasteiger partial charge in [-0.3, -0.25) is 0 Å². The molecule has 192 valence electrons. The molecule has 0 aliphatic rings. The number of thiazole rings is 1. The third-order valence-electron chi connectivity index (χ3n) is 5.94. The van der Waals surface area contributed by atoms with Crippen molar-refractivity contribution in [2.75, 3.05) is 0 Å². The van der Waals surface area contributed by atoms with E-state index in [-0.39, 0.29) is 28.5 Å². The number of halogens is 4. The molecule has 0 fully saturated rings. The normalized spacial score (nSPS) is 11.6. The number of alkyl halides is 3. The van der Waals surface area contributed by atoms with Gasteiger partial charge < -0.3 is 5.11 Å². The van der Waals surface area contributed by atoms with Crippen molar-refractivity contribution in [2.45, 2.75) is 19.5 Å². The quantitative estimate of drug-likeness (QED) is 0.229. The summed E-state index contributed by atoms with van der Waals surface area (Å²) < 4.78 is 58.3. The van der Waals surface area contributed by atoms with Crippen molar-refractivity contribution in [3.63, 3.8) is 0 Å². The first kappa shape index (κ1) is 25.3. The number of carboxylic acid groups (broad SMARTS) is 1. The smallest absolute Gasteiger partial charge is 0.433 e. The Morgan fingerprint density at radius 1 is 0.974 bits per heavy atom.